The molecule has 0 aromatic carbocycles. The van der Waals surface area contributed by atoms with Crippen LogP contribution in [0.15, 0.2) is 24.5 Å². The van der Waals surface area contributed by atoms with Crippen LogP contribution in [0.1, 0.15) is 27.5 Å². The SMILES string of the molecule is COc1ncc(C(C=N)C(=N)n2ccc(C(F)(F)F)n2)cc1C(=O)O. The van der Waals surface area contributed by atoms with Gasteiger partial charge < -0.3 is 15.3 Å². The van der Waals surface area contributed by atoms with Crippen molar-refractivity contribution < 1.29 is 27.8 Å². The number of aromatic carboxylic acids is 1. The highest BCUT2D eigenvalue weighted by atomic mass is 19.4. The molecule has 0 saturated heterocycles. The molecule has 3 N–H and O–H groups in total. The minimum absolute atomic E-state index is 0.127. The topological polar surface area (TPSA) is 125 Å². The Morgan fingerprint density at radius 3 is 2.64 bits per heavy atom. The van der Waals surface area contributed by atoms with E-state index in [1.165, 1.54) is 13.3 Å². The first kappa shape index (κ1) is 18.1. The van der Waals surface area contributed by atoms with Crippen LogP contribution in [-0.4, -0.2) is 45.0 Å². The van der Waals surface area contributed by atoms with E-state index < -0.39 is 29.6 Å². The monoisotopic (exact) mass is 355 g/mol. The zero-order valence-electron chi connectivity index (χ0n) is 12.7. The molecule has 0 amide bonds. The van der Waals surface area contributed by atoms with Crippen molar-refractivity contribution in [1.82, 2.24) is 14.8 Å². The molecule has 0 aliphatic heterocycles. The standard InChI is InChI=1S/C14H12F3N5O3/c1-25-12-8(13(23)24)4-7(6-20-12)9(5-18)11(19)22-3-2-10(21-22)14(15,16)17/h2-6,9,18-19H,1H3,(H,23,24). The zero-order chi connectivity index (χ0) is 18.8. The summed E-state index contributed by atoms with van der Waals surface area (Å²) in [4.78, 5) is 15.0. The molecule has 2 aromatic rings. The van der Waals surface area contributed by atoms with Crippen molar-refractivity contribution >= 4 is 18.0 Å². The number of hydrogen-bond donors (Lipinski definition) is 3. The first-order valence-corrected chi connectivity index (χ1v) is 6.68. The van der Waals surface area contributed by atoms with E-state index in [-0.39, 0.29) is 17.0 Å². The number of ether oxygens (including phenoxy) is 1. The second-order valence-corrected chi connectivity index (χ2v) is 4.80. The fourth-order valence-electron chi connectivity index (χ4n) is 2.04. The largest absolute Gasteiger partial charge is 0.480 e. The van der Waals surface area contributed by atoms with E-state index in [0.717, 1.165) is 18.5 Å². The molecular weight excluding hydrogens is 343 g/mol. The highest BCUT2D eigenvalue weighted by molar-refractivity contribution is 6.01. The van der Waals surface area contributed by atoms with Crippen LogP contribution in [0, 0.1) is 10.8 Å². The van der Waals surface area contributed by atoms with Gasteiger partial charge >= 0.3 is 12.1 Å². The molecule has 0 aliphatic carbocycles. The second-order valence-electron chi connectivity index (χ2n) is 4.80. The number of alkyl halides is 3. The molecule has 0 fully saturated rings. The molecule has 2 rings (SSSR count). The first-order chi connectivity index (χ1) is 11.7. The van der Waals surface area contributed by atoms with Gasteiger partial charge in [0.25, 0.3) is 0 Å². The molecule has 2 aromatic heterocycles. The Hall–Kier alpha value is -3.24. The maximum absolute atomic E-state index is 12.6. The van der Waals surface area contributed by atoms with Gasteiger partial charge in [0.1, 0.15) is 11.4 Å². The number of aromatic nitrogens is 3. The van der Waals surface area contributed by atoms with Crippen LogP contribution in [-0.2, 0) is 6.18 Å². The molecule has 11 heteroatoms. The third-order valence-corrected chi connectivity index (χ3v) is 3.24. The summed E-state index contributed by atoms with van der Waals surface area (Å²) in [6.45, 7) is 0. The van der Waals surface area contributed by atoms with E-state index in [0.29, 0.717) is 10.7 Å². The van der Waals surface area contributed by atoms with E-state index in [4.69, 9.17) is 20.7 Å². The van der Waals surface area contributed by atoms with E-state index in [2.05, 4.69) is 10.1 Å². The average molecular weight is 355 g/mol. The van der Waals surface area contributed by atoms with Crippen molar-refractivity contribution in [2.75, 3.05) is 7.11 Å². The maximum atomic E-state index is 12.6. The van der Waals surface area contributed by atoms with Gasteiger partial charge in [-0.25, -0.2) is 14.5 Å². The van der Waals surface area contributed by atoms with Crippen LogP contribution in [0.2, 0.25) is 0 Å². The minimum atomic E-state index is -4.66. The zero-order valence-corrected chi connectivity index (χ0v) is 12.7. The van der Waals surface area contributed by atoms with E-state index >= 15 is 0 Å². The van der Waals surface area contributed by atoms with Gasteiger partial charge in [-0.15, -0.1) is 0 Å². The molecule has 0 radical (unpaired) electrons. The summed E-state index contributed by atoms with van der Waals surface area (Å²) >= 11 is 0. The molecule has 1 atom stereocenters. The number of carboxylic acids is 1. The summed E-state index contributed by atoms with van der Waals surface area (Å²) in [5.41, 5.74) is -1.35. The number of carbonyl (C=O) groups is 1. The smallest absolute Gasteiger partial charge is 0.435 e. The first-order valence-electron chi connectivity index (χ1n) is 6.68. The van der Waals surface area contributed by atoms with Gasteiger partial charge in [0.05, 0.1) is 13.0 Å². The van der Waals surface area contributed by atoms with Gasteiger partial charge in [0.2, 0.25) is 5.88 Å². The van der Waals surface area contributed by atoms with Crippen LogP contribution in [0.3, 0.4) is 0 Å². The Kier molecular flexibility index (Phi) is 4.86. The van der Waals surface area contributed by atoms with Gasteiger partial charge in [-0.05, 0) is 17.7 Å². The van der Waals surface area contributed by atoms with Gasteiger partial charge in [0.15, 0.2) is 5.69 Å². The second kappa shape index (κ2) is 6.71. The lowest BCUT2D eigenvalue weighted by Gasteiger charge is -2.15. The molecule has 2 heterocycles. The van der Waals surface area contributed by atoms with Crippen LogP contribution in [0.4, 0.5) is 13.2 Å². The van der Waals surface area contributed by atoms with E-state index in [9.17, 15) is 18.0 Å². The number of hydrogen-bond acceptors (Lipinski definition) is 6. The highest BCUT2D eigenvalue weighted by Gasteiger charge is 2.34. The third-order valence-electron chi connectivity index (χ3n) is 3.24. The summed E-state index contributed by atoms with van der Waals surface area (Å²) < 4.78 is 43.3. The number of methoxy groups -OCH3 is 1. The molecule has 25 heavy (non-hydrogen) atoms. The summed E-state index contributed by atoms with van der Waals surface area (Å²) in [5.74, 6) is -3.10. The van der Waals surface area contributed by atoms with Crippen LogP contribution in [0.5, 0.6) is 5.88 Å². The van der Waals surface area contributed by atoms with Gasteiger partial charge in [-0.3, -0.25) is 5.41 Å². The number of carboxylic acid groups (broad SMARTS) is 1. The van der Waals surface area contributed by atoms with Gasteiger partial charge in [0, 0.05) is 18.6 Å². The number of rotatable bonds is 5. The molecule has 0 saturated carbocycles. The number of pyridine rings is 1. The summed E-state index contributed by atoms with van der Waals surface area (Å²) in [6, 6.07) is 1.84. The maximum Gasteiger partial charge on any atom is 0.435 e. The molecule has 0 aliphatic rings. The van der Waals surface area contributed by atoms with Crippen molar-refractivity contribution in [2.24, 2.45) is 0 Å². The van der Waals surface area contributed by atoms with Crippen LogP contribution < -0.4 is 4.74 Å². The minimum Gasteiger partial charge on any atom is -0.480 e. The Morgan fingerprint density at radius 2 is 2.16 bits per heavy atom. The Labute approximate surface area is 138 Å². The van der Waals surface area contributed by atoms with Crippen molar-refractivity contribution in [1.29, 1.82) is 10.8 Å². The Balaban J connectivity index is 2.41. The molecule has 0 bridgehead atoms. The Bertz CT molecular complexity index is 831. The fraction of sp³-hybridized carbons (Fsp3) is 0.214. The van der Waals surface area contributed by atoms with Crippen molar-refractivity contribution in [3.8, 4) is 5.88 Å². The number of halogens is 3. The lowest BCUT2D eigenvalue weighted by atomic mass is 9.99. The third kappa shape index (κ3) is 3.65. The molecule has 132 valence electrons. The summed E-state index contributed by atoms with van der Waals surface area (Å²) in [7, 11) is 1.23. The molecule has 1 unspecified atom stereocenters. The van der Waals surface area contributed by atoms with Gasteiger partial charge in [-0.1, -0.05) is 0 Å². The predicted molar refractivity (Wildman–Crippen MR) is 79.6 cm³/mol. The van der Waals surface area contributed by atoms with Crippen LogP contribution >= 0.6 is 0 Å². The van der Waals surface area contributed by atoms with E-state index in [1.807, 2.05) is 0 Å². The molecule has 0 spiro atoms. The van der Waals surface area contributed by atoms with Crippen LogP contribution in [0.25, 0.3) is 0 Å². The number of nitrogens with one attached hydrogen (secondary N) is 2. The van der Waals surface area contributed by atoms with Crippen molar-refractivity contribution in [3.63, 3.8) is 0 Å². The molecular formula is C14H12F3N5O3. The number of nitrogens with zero attached hydrogens (tertiary/aromatic N) is 3. The summed E-state index contributed by atoms with van der Waals surface area (Å²) in [6.07, 6.45) is -1.75. The van der Waals surface area contributed by atoms with Gasteiger partial charge in [-0.2, -0.15) is 18.3 Å². The lowest BCUT2D eigenvalue weighted by Crippen LogP contribution is -2.23. The Morgan fingerprint density at radius 1 is 1.48 bits per heavy atom. The molecule has 8 nitrogen and oxygen atoms in total. The average Bonchev–Trinajstić information content (AvgIpc) is 3.05. The van der Waals surface area contributed by atoms with Crippen molar-refractivity contribution in [2.45, 2.75) is 12.1 Å². The quantitative estimate of drug-likeness (QED) is 0.560. The fourth-order valence-corrected chi connectivity index (χ4v) is 2.04. The highest BCUT2D eigenvalue weighted by Crippen LogP contribution is 2.28. The predicted octanol–water partition coefficient (Wildman–Crippen LogP) is 2.26. The normalized spacial score (nSPS) is 12.5. The van der Waals surface area contributed by atoms with Crippen molar-refractivity contribution in [3.05, 3.63) is 41.3 Å². The van der Waals surface area contributed by atoms with E-state index in [1.54, 1.807) is 0 Å². The summed E-state index contributed by atoms with van der Waals surface area (Å²) in [5, 5.41) is 27.9. The lowest BCUT2D eigenvalue weighted by molar-refractivity contribution is -0.141.